The first-order valence-corrected chi connectivity index (χ1v) is 7.90. The molecule has 120 valence electrons. The molecule has 2 aliphatic heterocycles. The topological polar surface area (TPSA) is 70.1 Å². The van der Waals surface area contributed by atoms with E-state index in [1.54, 1.807) is 16.7 Å². The summed E-state index contributed by atoms with van der Waals surface area (Å²) < 4.78 is 5.59. The van der Waals surface area contributed by atoms with Gasteiger partial charge in [-0.15, -0.1) is 0 Å². The summed E-state index contributed by atoms with van der Waals surface area (Å²) in [6, 6.07) is -0.130. The van der Waals surface area contributed by atoms with Crippen molar-refractivity contribution in [1.29, 1.82) is 0 Å². The molecule has 2 saturated heterocycles. The summed E-state index contributed by atoms with van der Waals surface area (Å²) in [4.78, 5) is 27.6. The number of carbonyl (C=O) groups excluding carboxylic acids is 1. The second kappa shape index (κ2) is 6.64. The van der Waals surface area contributed by atoms with Crippen LogP contribution >= 0.6 is 0 Å². The molecule has 1 atom stereocenters. The summed E-state index contributed by atoms with van der Waals surface area (Å²) in [5.41, 5.74) is -1.06. The van der Waals surface area contributed by atoms with Gasteiger partial charge >= 0.3 is 12.0 Å². The quantitative estimate of drug-likeness (QED) is 0.864. The summed E-state index contributed by atoms with van der Waals surface area (Å²) in [6.07, 6.45) is 4.16. The Kier molecular flexibility index (Phi) is 5.08. The van der Waals surface area contributed by atoms with Crippen molar-refractivity contribution in [2.45, 2.75) is 57.6 Å². The summed E-state index contributed by atoms with van der Waals surface area (Å²) in [6.45, 7) is 6.17. The minimum absolute atomic E-state index is 0.130. The summed E-state index contributed by atoms with van der Waals surface area (Å²) in [5, 5.41) is 9.49. The first kappa shape index (κ1) is 16.1. The molecular formula is C15H26N2O4. The van der Waals surface area contributed by atoms with Crippen molar-refractivity contribution in [2.75, 3.05) is 26.2 Å². The Bertz CT molecular complexity index is 393. The van der Waals surface area contributed by atoms with Gasteiger partial charge in [0.05, 0.1) is 6.10 Å². The van der Waals surface area contributed by atoms with Crippen LogP contribution in [0.1, 0.15) is 46.0 Å². The van der Waals surface area contributed by atoms with Gasteiger partial charge in [-0.3, -0.25) is 0 Å². The van der Waals surface area contributed by atoms with Crippen LogP contribution in [0, 0.1) is 0 Å². The lowest BCUT2D eigenvalue weighted by molar-refractivity contribution is -0.151. The number of piperidine rings is 2. The monoisotopic (exact) mass is 298 g/mol. The van der Waals surface area contributed by atoms with Crippen LogP contribution in [0.4, 0.5) is 4.79 Å². The fraction of sp³-hybridized carbons (Fsp3) is 0.867. The maximum absolute atomic E-state index is 12.7. The molecule has 0 spiro atoms. The molecule has 6 nitrogen and oxygen atoms in total. The average molecular weight is 298 g/mol. The largest absolute Gasteiger partial charge is 0.480 e. The number of ether oxygens (including phenoxy) is 1. The number of likely N-dealkylation sites (tertiary alicyclic amines) is 2. The van der Waals surface area contributed by atoms with E-state index in [0.29, 0.717) is 32.7 Å². The molecule has 0 aromatic carbocycles. The molecule has 2 fully saturated rings. The van der Waals surface area contributed by atoms with Gasteiger partial charge < -0.3 is 19.6 Å². The van der Waals surface area contributed by atoms with Gasteiger partial charge in [0.15, 0.2) is 0 Å². The van der Waals surface area contributed by atoms with Crippen LogP contribution in [-0.4, -0.2) is 64.8 Å². The molecule has 21 heavy (non-hydrogen) atoms. The number of carbonyl (C=O) groups is 2. The Balaban J connectivity index is 2.00. The fourth-order valence-corrected chi connectivity index (χ4v) is 3.27. The zero-order chi connectivity index (χ0) is 15.5. The van der Waals surface area contributed by atoms with Crippen LogP contribution < -0.4 is 0 Å². The SMILES string of the molecule is CCOC1CCN(C(=O)N2CCCCC2(C)C(=O)O)CC1. The van der Waals surface area contributed by atoms with E-state index in [-0.39, 0.29) is 12.1 Å². The van der Waals surface area contributed by atoms with E-state index in [0.717, 1.165) is 25.7 Å². The van der Waals surface area contributed by atoms with Crippen molar-refractivity contribution in [2.24, 2.45) is 0 Å². The molecule has 0 aliphatic carbocycles. The number of hydrogen-bond donors (Lipinski definition) is 1. The highest BCUT2D eigenvalue weighted by atomic mass is 16.5. The summed E-state index contributed by atoms with van der Waals surface area (Å²) in [5.74, 6) is -0.903. The van der Waals surface area contributed by atoms with E-state index in [9.17, 15) is 14.7 Å². The van der Waals surface area contributed by atoms with Crippen LogP contribution in [0.15, 0.2) is 0 Å². The molecule has 0 radical (unpaired) electrons. The maximum Gasteiger partial charge on any atom is 0.329 e. The van der Waals surface area contributed by atoms with E-state index in [2.05, 4.69) is 0 Å². The molecule has 0 aromatic rings. The van der Waals surface area contributed by atoms with Gasteiger partial charge in [-0.1, -0.05) is 0 Å². The smallest absolute Gasteiger partial charge is 0.329 e. The Morgan fingerprint density at radius 1 is 1.24 bits per heavy atom. The van der Waals surface area contributed by atoms with E-state index < -0.39 is 11.5 Å². The first-order valence-electron chi connectivity index (χ1n) is 7.90. The lowest BCUT2D eigenvalue weighted by atomic mass is 9.88. The summed E-state index contributed by atoms with van der Waals surface area (Å²) in [7, 11) is 0. The Hall–Kier alpha value is -1.30. The molecule has 2 heterocycles. The first-order chi connectivity index (χ1) is 9.99. The highest BCUT2D eigenvalue weighted by Crippen LogP contribution is 2.30. The highest BCUT2D eigenvalue weighted by Gasteiger charge is 2.45. The third-order valence-electron chi connectivity index (χ3n) is 4.70. The minimum Gasteiger partial charge on any atom is -0.480 e. The third-order valence-corrected chi connectivity index (χ3v) is 4.70. The molecule has 0 bridgehead atoms. The van der Waals surface area contributed by atoms with Crippen LogP contribution in [-0.2, 0) is 9.53 Å². The number of rotatable bonds is 3. The molecule has 0 saturated carbocycles. The predicted octanol–water partition coefficient (Wildman–Crippen LogP) is 1.94. The second-order valence-electron chi connectivity index (χ2n) is 6.11. The van der Waals surface area contributed by atoms with Gasteiger partial charge in [-0.05, 0) is 46.0 Å². The Labute approximate surface area is 126 Å². The number of nitrogens with zero attached hydrogens (tertiary/aromatic N) is 2. The number of amides is 2. The lowest BCUT2D eigenvalue weighted by Gasteiger charge is -2.45. The molecule has 2 rings (SSSR count). The zero-order valence-electron chi connectivity index (χ0n) is 13.0. The second-order valence-corrected chi connectivity index (χ2v) is 6.11. The molecule has 2 aliphatic rings. The van der Waals surface area contributed by atoms with Crippen molar-refractivity contribution < 1.29 is 19.4 Å². The number of hydrogen-bond acceptors (Lipinski definition) is 3. The maximum atomic E-state index is 12.7. The standard InChI is InChI=1S/C15H26N2O4/c1-3-21-12-6-10-16(11-7-12)14(20)17-9-5-4-8-15(17,2)13(18)19/h12H,3-11H2,1-2H3,(H,18,19). The van der Waals surface area contributed by atoms with E-state index in [1.165, 1.54) is 0 Å². The zero-order valence-corrected chi connectivity index (χ0v) is 13.0. The fourth-order valence-electron chi connectivity index (χ4n) is 3.27. The van der Waals surface area contributed by atoms with Gasteiger partial charge in [0.25, 0.3) is 0 Å². The Morgan fingerprint density at radius 3 is 2.48 bits per heavy atom. The van der Waals surface area contributed by atoms with E-state index in [4.69, 9.17) is 4.74 Å². The van der Waals surface area contributed by atoms with E-state index in [1.807, 2.05) is 6.92 Å². The van der Waals surface area contributed by atoms with Gasteiger partial charge in [-0.25, -0.2) is 9.59 Å². The van der Waals surface area contributed by atoms with Gasteiger partial charge in [0.1, 0.15) is 5.54 Å². The van der Waals surface area contributed by atoms with Crippen molar-refractivity contribution >= 4 is 12.0 Å². The predicted molar refractivity (Wildman–Crippen MR) is 78.2 cm³/mol. The van der Waals surface area contributed by atoms with Gasteiger partial charge in [0, 0.05) is 26.2 Å². The van der Waals surface area contributed by atoms with Crippen LogP contribution in [0.25, 0.3) is 0 Å². The van der Waals surface area contributed by atoms with Gasteiger partial charge in [-0.2, -0.15) is 0 Å². The van der Waals surface area contributed by atoms with E-state index >= 15 is 0 Å². The molecule has 1 unspecified atom stereocenters. The average Bonchev–Trinajstić information content (AvgIpc) is 2.48. The van der Waals surface area contributed by atoms with Crippen molar-refractivity contribution in [3.05, 3.63) is 0 Å². The lowest BCUT2D eigenvalue weighted by Crippen LogP contribution is -2.61. The molecule has 1 N–H and O–H groups in total. The molecular weight excluding hydrogens is 272 g/mol. The van der Waals surface area contributed by atoms with Crippen LogP contribution in [0.2, 0.25) is 0 Å². The number of aliphatic carboxylic acids is 1. The Morgan fingerprint density at radius 2 is 1.90 bits per heavy atom. The third kappa shape index (κ3) is 3.31. The number of carboxylic acid groups (broad SMARTS) is 1. The summed E-state index contributed by atoms with van der Waals surface area (Å²) >= 11 is 0. The van der Waals surface area contributed by atoms with Crippen molar-refractivity contribution in [3.63, 3.8) is 0 Å². The molecule has 6 heteroatoms. The normalized spacial score (nSPS) is 27.7. The number of urea groups is 1. The number of carboxylic acids is 1. The van der Waals surface area contributed by atoms with Crippen LogP contribution in [0.3, 0.4) is 0 Å². The minimum atomic E-state index is -1.06. The van der Waals surface area contributed by atoms with Crippen LogP contribution in [0.5, 0.6) is 0 Å². The molecule has 0 aromatic heterocycles. The highest BCUT2D eigenvalue weighted by molar-refractivity contribution is 5.86. The van der Waals surface area contributed by atoms with Crippen molar-refractivity contribution in [3.8, 4) is 0 Å². The molecule has 2 amide bonds. The van der Waals surface area contributed by atoms with Crippen molar-refractivity contribution in [1.82, 2.24) is 9.80 Å². The van der Waals surface area contributed by atoms with Gasteiger partial charge in [0.2, 0.25) is 0 Å².